The van der Waals surface area contributed by atoms with E-state index in [0.717, 1.165) is 24.3 Å². The molecule has 0 saturated heterocycles. The summed E-state index contributed by atoms with van der Waals surface area (Å²) in [7, 11) is 1.91. The molecule has 1 saturated carbocycles. The van der Waals surface area contributed by atoms with E-state index in [4.69, 9.17) is 5.84 Å². The Labute approximate surface area is 121 Å². The van der Waals surface area contributed by atoms with Crippen molar-refractivity contribution in [2.75, 3.05) is 12.5 Å². The Bertz CT molecular complexity index is 479. The fraction of sp³-hybridized carbons (Fsp3) is 0.562. The molecule has 0 atom stereocenters. The van der Waals surface area contributed by atoms with E-state index < -0.39 is 0 Å². The number of amides is 1. The third-order valence-electron chi connectivity index (χ3n) is 4.41. The lowest BCUT2D eigenvalue weighted by Crippen LogP contribution is -2.39. The molecule has 4 heteroatoms. The lowest BCUT2D eigenvalue weighted by atomic mass is 9.86. The van der Waals surface area contributed by atoms with Gasteiger partial charge < -0.3 is 10.3 Å². The van der Waals surface area contributed by atoms with Crippen molar-refractivity contribution in [1.82, 2.24) is 4.90 Å². The smallest absolute Gasteiger partial charge is 0.256 e. The van der Waals surface area contributed by atoms with Crippen molar-refractivity contribution in [3.05, 3.63) is 29.3 Å². The number of aryl methyl sites for hydroxylation is 1. The highest BCUT2D eigenvalue weighted by molar-refractivity contribution is 5.99. The normalized spacial score (nSPS) is 22.4. The third kappa shape index (κ3) is 3.12. The Morgan fingerprint density at radius 1 is 1.30 bits per heavy atom. The summed E-state index contributed by atoms with van der Waals surface area (Å²) in [5.74, 6) is 6.36. The van der Waals surface area contributed by atoms with Crippen molar-refractivity contribution < 1.29 is 4.79 Å². The number of rotatable bonds is 3. The number of carbonyl (C=O) groups is 1. The van der Waals surface area contributed by atoms with Crippen molar-refractivity contribution in [3.8, 4) is 0 Å². The Hall–Kier alpha value is -1.55. The van der Waals surface area contributed by atoms with Gasteiger partial charge in [0.25, 0.3) is 5.91 Å². The van der Waals surface area contributed by atoms with Gasteiger partial charge in [0.05, 0.1) is 11.3 Å². The summed E-state index contributed by atoms with van der Waals surface area (Å²) in [5, 5.41) is 0. The first kappa shape index (κ1) is 14.9. The maximum absolute atomic E-state index is 12.7. The monoisotopic (exact) mass is 275 g/mol. The van der Waals surface area contributed by atoms with Gasteiger partial charge in [-0.2, -0.15) is 0 Å². The molecule has 4 nitrogen and oxygen atoms in total. The van der Waals surface area contributed by atoms with Gasteiger partial charge in [-0.3, -0.25) is 10.6 Å². The standard InChI is InChI=1S/C16H25N3O/c1-11-4-7-13(8-5-11)19(3)16(20)14-10-12(2)6-9-15(14)18-17/h6,9-11,13,18H,4-5,7-8,17H2,1-3H3. The average Bonchev–Trinajstić information content (AvgIpc) is 2.46. The van der Waals surface area contributed by atoms with Crippen molar-refractivity contribution in [2.24, 2.45) is 11.8 Å². The number of nitrogens with two attached hydrogens (primary N) is 1. The molecule has 0 radical (unpaired) electrons. The predicted octanol–water partition coefficient (Wildman–Crippen LogP) is 2.93. The lowest BCUT2D eigenvalue weighted by molar-refractivity contribution is 0.0680. The Kier molecular flexibility index (Phi) is 4.65. The van der Waals surface area contributed by atoms with Crippen molar-refractivity contribution >= 4 is 11.6 Å². The van der Waals surface area contributed by atoms with Crippen LogP contribution in [0.3, 0.4) is 0 Å². The summed E-state index contributed by atoms with van der Waals surface area (Å²) in [4.78, 5) is 14.6. The minimum Gasteiger partial charge on any atom is -0.339 e. The zero-order valence-electron chi connectivity index (χ0n) is 12.6. The van der Waals surface area contributed by atoms with Crippen molar-refractivity contribution in [2.45, 2.75) is 45.6 Å². The molecule has 1 aromatic carbocycles. The SMILES string of the molecule is Cc1ccc(NN)c(C(=O)N(C)C2CCC(C)CC2)c1. The molecule has 1 amide bonds. The Balaban J connectivity index is 2.16. The summed E-state index contributed by atoms with van der Waals surface area (Å²) < 4.78 is 0. The van der Waals surface area contributed by atoms with Gasteiger partial charge in [0.1, 0.15) is 0 Å². The van der Waals surface area contributed by atoms with Gasteiger partial charge in [0.2, 0.25) is 0 Å². The van der Waals surface area contributed by atoms with Gasteiger partial charge >= 0.3 is 0 Å². The highest BCUT2D eigenvalue weighted by atomic mass is 16.2. The van der Waals surface area contributed by atoms with Crippen LogP contribution >= 0.6 is 0 Å². The van der Waals surface area contributed by atoms with E-state index in [1.54, 1.807) is 0 Å². The van der Waals surface area contributed by atoms with E-state index >= 15 is 0 Å². The average molecular weight is 275 g/mol. The minimum absolute atomic E-state index is 0.0567. The molecule has 1 aliphatic rings. The van der Waals surface area contributed by atoms with E-state index in [1.165, 1.54) is 12.8 Å². The molecule has 0 bridgehead atoms. The predicted molar refractivity (Wildman–Crippen MR) is 82.5 cm³/mol. The van der Waals surface area contributed by atoms with Crippen molar-refractivity contribution in [1.29, 1.82) is 0 Å². The second-order valence-corrected chi connectivity index (χ2v) is 6.02. The molecule has 0 aromatic heterocycles. The van der Waals surface area contributed by atoms with Crippen LogP contribution in [0.15, 0.2) is 18.2 Å². The second-order valence-electron chi connectivity index (χ2n) is 6.02. The van der Waals surface area contributed by atoms with Gasteiger partial charge in [0, 0.05) is 13.1 Å². The topological polar surface area (TPSA) is 58.4 Å². The highest BCUT2D eigenvalue weighted by Crippen LogP contribution is 2.28. The van der Waals surface area contributed by atoms with Crippen LogP contribution < -0.4 is 11.3 Å². The van der Waals surface area contributed by atoms with Crippen LogP contribution in [0.4, 0.5) is 5.69 Å². The maximum atomic E-state index is 12.7. The van der Waals surface area contributed by atoms with Gasteiger partial charge in [-0.15, -0.1) is 0 Å². The molecule has 1 aromatic rings. The largest absolute Gasteiger partial charge is 0.339 e. The molecule has 1 aliphatic carbocycles. The third-order valence-corrected chi connectivity index (χ3v) is 4.41. The van der Waals surface area contributed by atoms with Crippen LogP contribution in [0.5, 0.6) is 0 Å². The van der Waals surface area contributed by atoms with Gasteiger partial charge in [0.15, 0.2) is 0 Å². The number of hydrogen-bond donors (Lipinski definition) is 2. The zero-order chi connectivity index (χ0) is 14.7. The molecule has 3 N–H and O–H groups in total. The fourth-order valence-electron chi connectivity index (χ4n) is 2.95. The van der Waals surface area contributed by atoms with Crippen molar-refractivity contribution in [3.63, 3.8) is 0 Å². The van der Waals surface area contributed by atoms with E-state index in [0.29, 0.717) is 17.3 Å². The van der Waals surface area contributed by atoms with Crippen LogP contribution in [0.1, 0.15) is 48.5 Å². The van der Waals surface area contributed by atoms with Crippen LogP contribution in [0, 0.1) is 12.8 Å². The van der Waals surface area contributed by atoms with Crippen LogP contribution in [-0.2, 0) is 0 Å². The van der Waals surface area contributed by atoms with Crippen LogP contribution in [-0.4, -0.2) is 23.9 Å². The maximum Gasteiger partial charge on any atom is 0.256 e. The zero-order valence-corrected chi connectivity index (χ0v) is 12.6. The molecule has 0 heterocycles. The number of carbonyl (C=O) groups excluding carboxylic acids is 1. The van der Waals surface area contributed by atoms with Gasteiger partial charge in [-0.05, 0) is 50.7 Å². The van der Waals surface area contributed by atoms with Gasteiger partial charge in [-0.25, -0.2) is 0 Å². The van der Waals surface area contributed by atoms with Gasteiger partial charge in [-0.1, -0.05) is 18.6 Å². The van der Waals surface area contributed by atoms with E-state index in [-0.39, 0.29) is 5.91 Å². The quantitative estimate of drug-likeness (QED) is 0.658. The minimum atomic E-state index is 0.0567. The molecule has 0 spiro atoms. The number of hydrazine groups is 1. The number of hydrogen-bond acceptors (Lipinski definition) is 3. The fourth-order valence-corrected chi connectivity index (χ4v) is 2.95. The first-order chi connectivity index (χ1) is 9.52. The second kappa shape index (κ2) is 6.27. The molecule has 0 unspecified atom stereocenters. The first-order valence-corrected chi connectivity index (χ1v) is 7.37. The number of nitrogens with one attached hydrogen (secondary N) is 1. The molecule has 110 valence electrons. The summed E-state index contributed by atoms with van der Waals surface area (Å²) in [6.45, 7) is 4.27. The Morgan fingerprint density at radius 2 is 1.95 bits per heavy atom. The Morgan fingerprint density at radius 3 is 2.55 bits per heavy atom. The van der Waals surface area contributed by atoms with E-state index in [1.807, 2.05) is 37.1 Å². The van der Waals surface area contributed by atoms with E-state index in [9.17, 15) is 4.79 Å². The van der Waals surface area contributed by atoms with E-state index in [2.05, 4.69) is 12.3 Å². The molecule has 2 rings (SSSR count). The molecule has 20 heavy (non-hydrogen) atoms. The summed E-state index contributed by atoms with van der Waals surface area (Å²) in [5.41, 5.74) is 5.04. The molecule has 1 fully saturated rings. The first-order valence-electron chi connectivity index (χ1n) is 7.37. The lowest BCUT2D eigenvalue weighted by Gasteiger charge is -2.34. The number of benzene rings is 1. The molecule has 0 aliphatic heterocycles. The number of anilines is 1. The highest BCUT2D eigenvalue weighted by Gasteiger charge is 2.26. The number of nitrogen functional groups attached to an aromatic ring is 1. The van der Waals surface area contributed by atoms with Crippen LogP contribution in [0.25, 0.3) is 0 Å². The number of nitrogens with zero attached hydrogens (tertiary/aromatic N) is 1. The van der Waals surface area contributed by atoms with Crippen LogP contribution in [0.2, 0.25) is 0 Å². The molecular weight excluding hydrogens is 250 g/mol. The summed E-state index contributed by atoms with van der Waals surface area (Å²) in [6.07, 6.45) is 4.61. The molecular formula is C16H25N3O. The summed E-state index contributed by atoms with van der Waals surface area (Å²) >= 11 is 0. The summed E-state index contributed by atoms with van der Waals surface area (Å²) in [6, 6.07) is 6.07.